The maximum atomic E-state index is 13.9. The van der Waals surface area contributed by atoms with Crippen LogP contribution in [0, 0.1) is 5.82 Å². The van der Waals surface area contributed by atoms with Crippen LogP contribution in [-0.4, -0.2) is 24.2 Å². The van der Waals surface area contributed by atoms with Crippen molar-refractivity contribution in [2.45, 2.75) is 32.1 Å². The molecule has 0 unspecified atom stereocenters. The van der Waals surface area contributed by atoms with E-state index in [1.807, 2.05) is 4.90 Å². The Labute approximate surface area is 106 Å². The molecule has 0 amide bonds. The Balaban J connectivity index is 2.18. The van der Waals surface area contributed by atoms with Crippen LogP contribution in [0.5, 0.6) is 0 Å². The van der Waals surface area contributed by atoms with Gasteiger partial charge < -0.3 is 10.0 Å². The minimum absolute atomic E-state index is 0.00305. The predicted octanol–water partition coefficient (Wildman–Crippen LogP) is 3.29. The summed E-state index contributed by atoms with van der Waals surface area (Å²) in [5.41, 5.74) is 0.533. The molecule has 0 spiro atoms. The molecule has 0 radical (unpaired) electrons. The third-order valence-corrected chi connectivity index (χ3v) is 3.39. The van der Waals surface area contributed by atoms with E-state index in [1.54, 1.807) is 6.07 Å². The molecule has 18 heavy (non-hydrogen) atoms. The van der Waals surface area contributed by atoms with Crippen molar-refractivity contribution < 1.29 is 14.3 Å². The molecule has 0 atom stereocenters. The van der Waals surface area contributed by atoms with Gasteiger partial charge in [0, 0.05) is 13.1 Å². The number of carbonyl (C=O) groups is 1. The lowest BCUT2D eigenvalue weighted by atomic mass is 10.1. The summed E-state index contributed by atoms with van der Waals surface area (Å²) in [6.45, 7) is 1.70. The van der Waals surface area contributed by atoms with E-state index in [-0.39, 0.29) is 5.56 Å². The molecule has 0 bridgehead atoms. The highest BCUT2D eigenvalue weighted by molar-refractivity contribution is 5.88. The first-order valence-electron chi connectivity index (χ1n) is 6.46. The largest absolute Gasteiger partial charge is 0.478 e. The summed E-state index contributed by atoms with van der Waals surface area (Å²) in [4.78, 5) is 12.8. The summed E-state index contributed by atoms with van der Waals surface area (Å²) in [5, 5.41) is 8.81. The molecule has 0 saturated carbocycles. The third-order valence-electron chi connectivity index (χ3n) is 3.39. The van der Waals surface area contributed by atoms with Crippen LogP contribution < -0.4 is 4.90 Å². The number of hydrogen-bond donors (Lipinski definition) is 1. The van der Waals surface area contributed by atoms with Crippen LogP contribution in [0.15, 0.2) is 18.2 Å². The molecular weight excluding hydrogens is 233 g/mol. The zero-order valence-corrected chi connectivity index (χ0v) is 10.4. The van der Waals surface area contributed by atoms with Crippen LogP contribution in [0.25, 0.3) is 0 Å². The second-order valence-corrected chi connectivity index (χ2v) is 4.73. The maximum Gasteiger partial charge on any atom is 0.335 e. The summed E-state index contributed by atoms with van der Waals surface area (Å²) in [6, 6.07) is 4.16. The van der Waals surface area contributed by atoms with Gasteiger partial charge in [0.2, 0.25) is 0 Å². The molecule has 4 heteroatoms. The van der Waals surface area contributed by atoms with E-state index in [1.165, 1.54) is 25.3 Å². The molecule has 2 rings (SSSR count). The average molecular weight is 251 g/mol. The van der Waals surface area contributed by atoms with E-state index in [0.29, 0.717) is 5.69 Å². The number of hydrogen-bond acceptors (Lipinski definition) is 2. The third kappa shape index (κ3) is 3.00. The summed E-state index contributed by atoms with van der Waals surface area (Å²) < 4.78 is 13.9. The maximum absolute atomic E-state index is 13.9. The van der Waals surface area contributed by atoms with Gasteiger partial charge in [0.15, 0.2) is 0 Å². The van der Waals surface area contributed by atoms with Crippen LogP contribution in [0.2, 0.25) is 0 Å². The number of nitrogens with zero attached hydrogens (tertiary/aromatic N) is 1. The van der Waals surface area contributed by atoms with Crippen molar-refractivity contribution in [3.63, 3.8) is 0 Å². The van der Waals surface area contributed by atoms with Crippen LogP contribution >= 0.6 is 0 Å². The Morgan fingerprint density at radius 2 is 1.72 bits per heavy atom. The molecule has 1 fully saturated rings. The zero-order chi connectivity index (χ0) is 13.0. The molecule has 1 heterocycles. The molecule has 0 aromatic heterocycles. The number of benzene rings is 1. The quantitative estimate of drug-likeness (QED) is 0.876. The lowest BCUT2D eigenvalue weighted by Crippen LogP contribution is -2.27. The second-order valence-electron chi connectivity index (χ2n) is 4.73. The number of anilines is 1. The van der Waals surface area contributed by atoms with Gasteiger partial charge in [0.05, 0.1) is 11.3 Å². The van der Waals surface area contributed by atoms with Gasteiger partial charge in [0.1, 0.15) is 5.82 Å². The van der Waals surface area contributed by atoms with Crippen molar-refractivity contribution in [3.8, 4) is 0 Å². The summed E-state index contributed by atoms with van der Waals surface area (Å²) in [6.07, 6.45) is 5.77. The van der Waals surface area contributed by atoms with Crippen molar-refractivity contribution in [1.29, 1.82) is 0 Å². The van der Waals surface area contributed by atoms with E-state index in [9.17, 15) is 9.18 Å². The number of carboxylic acid groups (broad SMARTS) is 1. The first kappa shape index (κ1) is 12.9. The zero-order valence-electron chi connectivity index (χ0n) is 10.4. The molecule has 0 aliphatic carbocycles. The van der Waals surface area contributed by atoms with Gasteiger partial charge in [-0.1, -0.05) is 19.3 Å². The van der Waals surface area contributed by atoms with Crippen molar-refractivity contribution in [1.82, 2.24) is 0 Å². The molecule has 98 valence electrons. The smallest absolute Gasteiger partial charge is 0.335 e. The molecular formula is C14H18FNO2. The van der Waals surface area contributed by atoms with Crippen molar-refractivity contribution in [2.24, 2.45) is 0 Å². The monoisotopic (exact) mass is 251 g/mol. The van der Waals surface area contributed by atoms with Gasteiger partial charge in [-0.15, -0.1) is 0 Å². The SMILES string of the molecule is O=C(O)c1ccc(N2CCCCCCC2)c(F)c1. The van der Waals surface area contributed by atoms with Gasteiger partial charge in [0.25, 0.3) is 0 Å². The van der Waals surface area contributed by atoms with Gasteiger partial charge in [-0.25, -0.2) is 9.18 Å². The highest BCUT2D eigenvalue weighted by Crippen LogP contribution is 2.23. The average Bonchev–Trinajstić information content (AvgIpc) is 2.29. The topological polar surface area (TPSA) is 40.5 Å². The Kier molecular flexibility index (Phi) is 4.18. The Hall–Kier alpha value is -1.58. The van der Waals surface area contributed by atoms with E-state index in [0.717, 1.165) is 32.0 Å². The lowest BCUT2D eigenvalue weighted by Gasteiger charge is -2.27. The minimum Gasteiger partial charge on any atom is -0.478 e. The van der Waals surface area contributed by atoms with E-state index in [4.69, 9.17) is 5.11 Å². The van der Waals surface area contributed by atoms with Crippen LogP contribution in [-0.2, 0) is 0 Å². The molecule has 1 aliphatic rings. The van der Waals surface area contributed by atoms with Crippen LogP contribution in [0.1, 0.15) is 42.5 Å². The van der Waals surface area contributed by atoms with Gasteiger partial charge in [-0.2, -0.15) is 0 Å². The van der Waals surface area contributed by atoms with Gasteiger partial charge in [-0.3, -0.25) is 0 Å². The van der Waals surface area contributed by atoms with Crippen LogP contribution in [0.4, 0.5) is 10.1 Å². The van der Waals surface area contributed by atoms with Gasteiger partial charge in [-0.05, 0) is 31.0 Å². The standard InChI is InChI=1S/C14H18FNO2/c15-12-10-11(14(17)18)6-7-13(12)16-8-4-2-1-3-5-9-16/h6-7,10H,1-5,8-9H2,(H,17,18). The first-order valence-corrected chi connectivity index (χ1v) is 6.46. The van der Waals surface area contributed by atoms with Crippen molar-refractivity contribution in [2.75, 3.05) is 18.0 Å². The molecule has 1 aromatic rings. The Bertz CT molecular complexity index is 426. The van der Waals surface area contributed by atoms with Crippen molar-refractivity contribution in [3.05, 3.63) is 29.6 Å². The van der Waals surface area contributed by atoms with Gasteiger partial charge >= 0.3 is 5.97 Å². The highest BCUT2D eigenvalue weighted by Gasteiger charge is 2.15. The second kappa shape index (κ2) is 5.85. The number of aromatic carboxylic acids is 1. The fourth-order valence-corrected chi connectivity index (χ4v) is 2.38. The Morgan fingerprint density at radius 3 is 2.28 bits per heavy atom. The fraction of sp³-hybridized carbons (Fsp3) is 0.500. The lowest BCUT2D eigenvalue weighted by molar-refractivity contribution is 0.0696. The number of carboxylic acids is 1. The van der Waals surface area contributed by atoms with Crippen molar-refractivity contribution >= 4 is 11.7 Å². The minimum atomic E-state index is -1.09. The predicted molar refractivity (Wildman–Crippen MR) is 68.7 cm³/mol. The summed E-state index contributed by atoms with van der Waals surface area (Å²) >= 11 is 0. The molecule has 1 N–H and O–H groups in total. The van der Waals surface area contributed by atoms with Crippen LogP contribution in [0.3, 0.4) is 0 Å². The molecule has 1 aromatic carbocycles. The molecule has 3 nitrogen and oxygen atoms in total. The van der Waals surface area contributed by atoms with E-state index in [2.05, 4.69) is 0 Å². The Morgan fingerprint density at radius 1 is 1.11 bits per heavy atom. The summed E-state index contributed by atoms with van der Waals surface area (Å²) in [5.74, 6) is -1.52. The highest BCUT2D eigenvalue weighted by atomic mass is 19.1. The molecule has 1 aliphatic heterocycles. The number of halogens is 1. The fourth-order valence-electron chi connectivity index (χ4n) is 2.38. The van der Waals surface area contributed by atoms with E-state index >= 15 is 0 Å². The summed E-state index contributed by atoms with van der Waals surface area (Å²) in [7, 11) is 0. The normalized spacial score (nSPS) is 17.1. The number of rotatable bonds is 2. The first-order chi connectivity index (χ1) is 8.68. The van der Waals surface area contributed by atoms with E-state index < -0.39 is 11.8 Å². The molecule has 1 saturated heterocycles.